The Morgan fingerprint density at radius 3 is 2.59 bits per heavy atom. The third kappa shape index (κ3) is 4.29. The van der Waals surface area contributed by atoms with Crippen molar-refractivity contribution in [3.63, 3.8) is 0 Å². The van der Waals surface area contributed by atoms with Gasteiger partial charge in [0.2, 0.25) is 5.91 Å². The van der Waals surface area contributed by atoms with Crippen molar-refractivity contribution >= 4 is 5.91 Å². The third-order valence-electron chi connectivity index (χ3n) is 2.56. The average molecular weight is 230 g/mol. The predicted octanol–water partition coefficient (Wildman–Crippen LogP) is 1.48. The van der Waals surface area contributed by atoms with Crippen LogP contribution < -0.4 is 10.6 Å². The molecule has 2 N–H and O–H groups in total. The highest BCUT2D eigenvalue weighted by Crippen LogP contribution is 2.11. The van der Waals surface area contributed by atoms with E-state index in [1.54, 1.807) is 0 Å². The van der Waals surface area contributed by atoms with Crippen LogP contribution in [-0.2, 0) is 4.79 Å². The molecule has 1 aromatic carbocycles. The lowest BCUT2D eigenvalue weighted by Gasteiger charge is -2.19. The zero-order valence-electron chi connectivity index (χ0n) is 10.2. The van der Waals surface area contributed by atoms with Crippen molar-refractivity contribution in [1.82, 2.24) is 10.6 Å². The van der Waals surface area contributed by atoms with Crippen LogP contribution in [-0.4, -0.2) is 18.5 Å². The van der Waals surface area contributed by atoms with Crippen LogP contribution in [0.15, 0.2) is 30.3 Å². The van der Waals surface area contributed by atoms with Crippen LogP contribution in [0.1, 0.15) is 25.5 Å². The van der Waals surface area contributed by atoms with Gasteiger partial charge in [0.25, 0.3) is 0 Å². The van der Waals surface area contributed by atoms with Gasteiger partial charge in [0, 0.05) is 6.04 Å². The minimum Gasteiger partial charge on any atom is -0.344 e. The molecule has 3 heteroatoms. The Balaban J connectivity index is 2.49. The first-order valence-electron chi connectivity index (χ1n) is 5.67. The van der Waals surface area contributed by atoms with E-state index in [0.717, 1.165) is 5.56 Å². The number of amides is 1. The van der Waals surface area contributed by atoms with E-state index in [2.05, 4.69) is 16.6 Å². The molecule has 0 saturated carbocycles. The quantitative estimate of drug-likeness (QED) is 0.752. The molecule has 3 nitrogen and oxygen atoms in total. The van der Waals surface area contributed by atoms with E-state index in [0.29, 0.717) is 0 Å². The Morgan fingerprint density at radius 1 is 1.35 bits per heavy atom. The summed E-state index contributed by atoms with van der Waals surface area (Å²) in [4.78, 5) is 11.6. The highest BCUT2D eigenvalue weighted by molar-refractivity contribution is 5.81. The summed E-state index contributed by atoms with van der Waals surface area (Å²) in [5.74, 6) is 2.30. The summed E-state index contributed by atoms with van der Waals surface area (Å²) in [6.07, 6.45) is 5.08. The molecule has 1 amide bonds. The van der Waals surface area contributed by atoms with Crippen molar-refractivity contribution in [3.05, 3.63) is 35.9 Å². The second-order valence-electron chi connectivity index (χ2n) is 3.94. The van der Waals surface area contributed by atoms with Crippen molar-refractivity contribution in [1.29, 1.82) is 0 Å². The summed E-state index contributed by atoms with van der Waals surface area (Å²) in [5, 5.41) is 5.88. The topological polar surface area (TPSA) is 41.1 Å². The van der Waals surface area contributed by atoms with Crippen LogP contribution in [0.5, 0.6) is 0 Å². The van der Waals surface area contributed by atoms with Crippen LogP contribution in [0.2, 0.25) is 0 Å². The number of rotatable bonds is 5. The summed E-state index contributed by atoms with van der Waals surface area (Å²) >= 11 is 0. The number of hydrogen-bond donors (Lipinski definition) is 2. The molecule has 1 aromatic rings. The Bertz CT molecular complexity index is 394. The molecule has 0 bridgehead atoms. The third-order valence-corrected chi connectivity index (χ3v) is 2.56. The Morgan fingerprint density at radius 2 is 2.00 bits per heavy atom. The molecule has 0 heterocycles. The smallest absolute Gasteiger partial charge is 0.237 e. The zero-order valence-corrected chi connectivity index (χ0v) is 10.2. The van der Waals surface area contributed by atoms with Crippen molar-refractivity contribution in [2.75, 3.05) is 6.54 Å². The Hall–Kier alpha value is -1.79. The van der Waals surface area contributed by atoms with E-state index in [1.165, 1.54) is 0 Å². The second-order valence-corrected chi connectivity index (χ2v) is 3.94. The maximum atomic E-state index is 11.6. The summed E-state index contributed by atoms with van der Waals surface area (Å²) < 4.78 is 0. The van der Waals surface area contributed by atoms with Crippen LogP contribution in [0.4, 0.5) is 0 Å². The summed E-state index contributed by atoms with van der Waals surface area (Å²) in [6.45, 7) is 4.12. The molecule has 2 unspecified atom stereocenters. The summed E-state index contributed by atoms with van der Waals surface area (Å²) in [7, 11) is 0. The van der Waals surface area contributed by atoms with Crippen molar-refractivity contribution in [2.24, 2.45) is 0 Å². The fourth-order valence-corrected chi connectivity index (χ4v) is 1.58. The molecule has 0 aliphatic rings. The fraction of sp³-hybridized carbons (Fsp3) is 0.357. The predicted molar refractivity (Wildman–Crippen MR) is 69.3 cm³/mol. The Labute approximate surface area is 103 Å². The van der Waals surface area contributed by atoms with E-state index in [-0.39, 0.29) is 24.5 Å². The van der Waals surface area contributed by atoms with Gasteiger partial charge in [-0.3, -0.25) is 10.1 Å². The number of benzene rings is 1. The van der Waals surface area contributed by atoms with E-state index in [4.69, 9.17) is 6.42 Å². The Kier molecular flexibility index (Phi) is 5.25. The van der Waals surface area contributed by atoms with Gasteiger partial charge in [-0.1, -0.05) is 36.3 Å². The first-order chi connectivity index (χ1) is 8.15. The molecular weight excluding hydrogens is 212 g/mol. The van der Waals surface area contributed by atoms with Crippen molar-refractivity contribution < 1.29 is 4.79 Å². The summed E-state index contributed by atoms with van der Waals surface area (Å²) in [6, 6.07) is 9.86. The van der Waals surface area contributed by atoms with Crippen LogP contribution in [0.25, 0.3) is 0 Å². The van der Waals surface area contributed by atoms with E-state index in [9.17, 15) is 4.79 Å². The minimum absolute atomic E-state index is 0.0780. The summed E-state index contributed by atoms with van der Waals surface area (Å²) in [5.41, 5.74) is 1.16. The van der Waals surface area contributed by atoms with Gasteiger partial charge in [0.1, 0.15) is 0 Å². The van der Waals surface area contributed by atoms with Crippen LogP contribution >= 0.6 is 0 Å². The molecule has 0 saturated heterocycles. The van der Waals surface area contributed by atoms with E-state index in [1.807, 2.05) is 44.2 Å². The van der Waals surface area contributed by atoms with Crippen molar-refractivity contribution in [3.8, 4) is 12.3 Å². The van der Waals surface area contributed by atoms with Crippen LogP contribution in [0.3, 0.4) is 0 Å². The lowest BCUT2D eigenvalue weighted by Crippen LogP contribution is -2.43. The highest BCUT2D eigenvalue weighted by atomic mass is 16.2. The SMILES string of the molecule is C#CCNC(=O)C(C)NC(C)c1ccccc1. The van der Waals surface area contributed by atoms with Gasteiger partial charge in [0.05, 0.1) is 12.6 Å². The first-order valence-corrected chi connectivity index (χ1v) is 5.67. The second kappa shape index (κ2) is 6.72. The molecule has 0 aromatic heterocycles. The maximum absolute atomic E-state index is 11.6. The van der Waals surface area contributed by atoms with Gasteiger partial charge in [0.15, 0.2) is 0 Å². The highest BCUT2D eigenvalue weighted by Gasteiger charge is 2.15. The van der Waals surface area contributed by atoms with Gasteiger partial charge in [-0.2, -0.15) is 0 Å². The standard InChI is InChI=1S/C14H18N2O/c1-4-10-15-14(17)12(3)16-11(2)13-8-6-5-7-9-13/h1,5-9,11-12,16H,10H2,2-3H3,(H,15,17). The monoisotopic (exact) mass is 230 g/mol. The molecule has 17 heavy (non-hydrogen) atoms. The van der Waals surface area contributed by atoms with Gasteiger partial charge in [-0.15, -0.1) is 6.42 Å². The number of carbonyl (C=O) groups excluding carboxylic acids is 1. The zero-order chi connectivity index (χ0) is 12.7. The minimum atomic E-state index is -0.265. The number of hydrogen-bond acceptors (Lipinski definition) is 2. The number of terminal acetylenes is 1. The molecule has 0 radical (unpaired) electrons. The fourth-order valence-electron chi connectivity index (χ4n) is 1.58. The molecule has 0 aliphatic carbocycles. The van der Waals surface area contributed by atoms with Gasteiger partial charge in [-0.25, -0.2) is 0 Å². The first kappa shape index (κ1) is 13.3. The molecule has 90 valence electrons. The molecule has 2 atom stereocenters. The maximum Gasteiger partial charge on any atom is 0.237 e. The molecular formula is C14H18N2O. The van der Waals surface area contributed by atoms with E-state index >= 15 is 0 Å². The number of nitrogens with one attached hydrogen (secondary N) is 2. The van der Waals surface area contributed by atoms with Crippen molar-refractivity contribution in [2.45, 2.75) is 25.9 Å². The average Bonchev–Trinajstić information content (AvgIpc) is 2.36. The molecule has 0 fully saturated rings. The van der Waals surface area contributed by atoms with Gasteiger partial charge >= 0.3 is 0 Å². The van der Waals surface area contributed by atoms with E-state index < -0.39 is 0 Å². The molecule has 1 rings (SSSR count). The largest absolute Gasteiger partial charge is 0.344 e. The number of carbonyl (C=O) groups is 1. The lowest BCUT2D eigenvalue weighted by atomic mass is 10.1. The van der Waals surface area contributed by atoms with Gasteiger partial charge in [-0.05, 0) is 19.4 Å². The lowest BCUT2D eigenvalue weighted by molar-refractivity contribution is -0.122. The van der Waals surface area contributed by atoms with Gasteiger partial charge < -0.3 is 5.32 Å². The molecule has 0 aliphatic heterocycles. The normalized spacial score (nSPS) is 13.5. The van der Waals surface area contributed by atoms with Crippen LogP contribution in [0, 0.1) is 12.3 Å². The molecule has 0 spiro atoms.